The van der Waals surface area contributed by atoms with Crippen molar-refractivity contribution in [3.63, 3.8) is 0 Å². The summed E-state index contributed by atoms with van der Waals surface area (Å²) in [6.07, 6.45) is 3.53. The predicted molar refractivity (Wildman–Crippen MR) is 104 cm³/mol. The highest BCUT2D eigenvalue weighted by Crippen LogP contribution is 2.34. The Balaban J connectivity index is 1.74. The van der Waals surface area contributed by atoms with E-state index in [-0.39, 0.29) is 4.90 Å². The molecular weight excluding hydrogens is 373 g/mol. The Bertz CT molecular complexity index is 1000. The maximum absolute atomic E-state index is 13.5. The predicted octanol–water partition coefficient (Wildman–Crippen LogP) is 5.46. The highest BCUT2D eigenvalue weighted by molar-refractivity contribution is 8.11. The summed E-state index contributed by atoms with van der Waals surface area (Å²) in [5.74, 6) is 1.61. The summed E-state index contributed by atoms with van der Waals surface area (Å²) < 4.78 is 38.4. The van der Waals surface area contributed by atoms with Crippen LogP contribution in [0.3, 0.4) is 0 Å². The molecule has 0 aliphatic carbocycles. The summed E-state index contributed by atoms with van der Waals surface area (Å²) in [7, 11) is -2.63. The number of rotatable bonds is 3. The average molecular weight is 392 g/mol. The third kappa shape index (κ3) is 3.58. The van der Waals surface area contributed by atoms with Gasteiger partial charge in [-0.2, -0.15) is 12.7 Å². The summed E-state index contributed by atoms with van der Waals surface area (Å²) >= 11 is 0. The van der Waals surface area contributed by atoms with Crippen molar-refractivity contribution in [3.8, 4) is 11.3 Å². The molecule has 4 rings (SSSR count). The summed E-state index contributed by atoms with van der Waals surface area (Å²) in [6, 6.07) is 7.99. The van der Waals surface area contributed by atoms with Crippen LogP contribution in [0.4, 0.5) is 18.5 Å². The van der Waals surface area contributed by atoms with Gasteiger partial charge >= 0.3 is 5.37 Å². The van der Waals surface area contributed by atoms with E-state index < -0.39 is 16.2 Å². The lowest BCUT2D eigenvalue weighted by molar-refractivity contribution is 0.574. The van der Waals surface area contributed by atoms with Gasteiger partial charge in [0.25, 0.3) is 0 Å². The fraction of sp³-hybridized carbons (Fsp3) is 0.316. The number of aromatic amines is 1. The molecule has 3 aromatic rings. The highest BCUT2D eigenvalue weighted by atomic mass is 32.2. The number of anilines is 1. The fourth-order valence-electron chi connectivity index (χ4n) is 3.44. The largest absolute Gasteiger partial charge is 0.355 e. The zero-order chi connectivity index (χ0) is 19.0. The van der Waals surface area contributed by atoms with Crippen molar-refractivity contribution < 1.29 is 12.7 Å². The molecule has 1 saturated heterocycles. The van der Waals surface area contributed by atoms with Crippen LogP contribution < -0.4 is 4.90 Å². The van der Waals surface area contributed by atoms with Gasteiger partial charge in [0.2, 0.25) is 0 Å². The number of aryl methyl sites for hydroxylation is 1. The molecule has 0 bridgehead atoms. The Morgan fingerprint density at radius 3 is 2.44 bits per heavy atom. The van der Waals surface area contributed by atoms with E-state index in [2.05, 4.69) is 19.9 Å². The van der Waals surface area contributed by atoms with Gasteiger partial charge in [0, 0.05) is 23.7 Å². The number of nitrogens with one attached hydrogen (secondary N) is 1. The van der Waals surface area contributed by atoms with Crippen LogP contribution in [0.15, 0.2) is 35.2 Å². The molecule has 2 aromatic heterocycles. The molecule has 0 saturated carbocycles. The van der Waals surface area contributed by atoms with Crippen LogP contribution in [-0.2, 0) is 0 Å². The van der Waals surface area contributed by atoms with Gasteiger partial charge in [-0.1, -0.05) is 12.1 Å². The lowest BCUT2D eigenvalue weighted by atomic mass is 10.1. The molecule has 0 radical (unpaired) electrons. The molecule has 0 amide bonds. The van der Waals surface area contributed by atoms with Gasteiger partial charge in [-0.05, 0) is 49.9 Å². The van der Waals surface area contributed by atoms with E-state index >= 15 is 0 Å². The first-order valence-corrected chi connectivity index (χ1v) is 9.96. The lowest BCUT2D eigenvalue weighted by Gasteiger charge is -2.28. The van der Waals surface area contributed by atoms with Gasteiger partial charge in [-0.15, -0.1) is 0 Å². The lowest BCUT2D eigenvalue weighted by Crippen LogP contribution is -2.30. The van der Waals surface area contributed by atoms with Crippen LogP contribution in [-0.4, -0.2) is 33.4 Å². The zero-order valence-corrected chi connectivity index (χ0v) is 15.6. The first kappa shape index (κ1) is 18.0. The van der Waals surface area contributed by atoms with E-state index in [9.17, 15) is 12.7 Å². The Morgan fingerprint density at radius 2 is 1.78 bits per heavy atom. The van der Waals surface area contributed by atoms with E-state index in [1.807, 2.05) is 13.0 Å². The number of benzene rings is 1. The van der Waals surface area contributed by atoms with Gasteiger partial charge < -0.3 is 9.88 Å². The van der Waals surface area contributed by atoms with Gasteiger partial charge in [-0.25, -0.2) is 9.97 Å². The number of fused-ring (bicyclic) bond motifs is 1. The van der Waals surface area contributed by atoms with Crippen molar-refractivity contribution in [2.45, 2.75) is 31.1 Å². The van der Waals surface area contributed by atoms with Crippen molar-refractivity contribution in [1.29, 1.82) is 0 Å². The topological polar surface area (TPSA) is 44.8 Å². The van der Waals surface area contributed by atoms with Gasteiger partial charge in [0.15, 0.2) is 5.82 Å². The average Bonchev–Trinajstić information content (AvgIpc) is 3.11. The molecule has 8 heteroatoms. The summed E-state index contributed by atoms with van der Waals surface area (Å²) in [6.45, 7) is 3.82. The minimum atomic E-state index is -2.63. The molecule has 27 heavy (non-hydrogen) atoms. The number of hydrogen-bond donors (Lipinski definition) is 1. The second-order valence-electron chi connectivity index (χ2n) is 6.59. The maximum Gasteiger partial charge on any atom is 0.328 e. The maximum atomic E-state index is 13.5. The number of piperidine rings is 1. The summed E-state index contributed by atoms with van der Waals surface area (Å²) in [5, 5.41) is -2.20. The van der Waals surface area contributed by atoms with Crippen molar-refractivity contribution >= 4 is 33.1 Å². The van der Waals surface area contributed by atoms with Crippen LogP contribution in [0.1, 0.15) is 25.1 Å². The molecule has 3 heterocycles. The molecule has 1 fully saturated rings. The number of halogens is 3. The third-order valence-corrected chi connectivity index (χ3v) is 5.69. The van der Waals surface area contributed by atoms with Crippen LogP contribution in [0.25, 0.3) is 22.3 Å². The number of aromatic nitrogens is 3. The van der Waals surface area contributed by atoms with Crippen LogP contribution in [0.5, 0.6) is 0 Å². The Morgan fingerprint density at radius 1 is 1.07 bits per heavy atom. The minimum Gasteiger partial charge on any atom is -0.355 e. The molecule has 4 nitrogen and oxygen atoms in total. The quantitative estimate of drug-likeness (QED) is 0.475. The molecular formula is C19H19F3N4S. The molecule has 0 spiro atoms. The van der Waals surface area contributed by atoms with Crippen LogP contribution in [0.2, 0.25) is 0 Å². The summed E-state index contributed by atoms with van der Waals surface area (Å²) in [5.41, 5.74) is 3.28. The highest BCUT2D eigenvalue weighted by Gasteiger charge is 2.18. The van der Waals surface area contributed by atoms with E-state index in [1.165, 1.54) is 18.6 Å². The normalized spacial score (nSPS) is 15.9. The Kier molecular flexibility index (Phi) is 4.90. The van der Waals surface area contributed by atoms with Crippen molar-refractivity contribution in [2.24, 2.45) is 0 Å². The van der Waals surface area contributed by atoms with Gasteiger partial charge in [0.05, 0.1) is 16.4 Å². The molecule has 1 aliphatic heterocycles. The second kappa shape index (κ2) is 7.34. The van der Waals surface area contributed by atoms with Crippen molar-refractivity contribution in [2.75, 3.05) is 18.0 Å². The van der Waals surface area contributed by atoms with Gasteiger partial charge in [-0.3, -0.25) is 0 Å². The molecule has 1 atom stereocenters. The van der Waals surface area contributed by atoms with E-state index in [0.717, 1.165) is 54.0 Å². The monoisotopic (exact) mass is 392 g/mol. The first-order valence-electron chi connectivity index (χ1n) is 8.84. The SMILES string of the molecule is Cc1nc(N2CCCCC2)c2[nH]c(-c3ccc(S(F)=C(F)F)cc3)cc2n1. The molecule has 1 N–H and O–H groups in total. The fourth-order valence-corrected chi connectivity index (χ4v) is 4.00. The first-order chi connectivity index (χ1) is 13.0. The Hall–Kier alpha value is -2.35. The van der Waals surface area contributed by atoms with E-state index in [4.69, 9.17) is 0 Å². The van der Waals surface area contributed by atoms with Crippen LogP contribution >= 0.6 is 10.9 Å². The minimum absolute atomic E-state index is 0.0282. The standard InChI is InChI=1S/C19H19F3N4S/c1-12-23-16-11-15(13-5-7-14(8-6-13)27(22)19(20)21)25-17(16)18(24-12)26-9-3-2-4-10-26/h5-8,11,25H,2-4,9-10H2,1H3. The number of H-pyrrole nitrogens is 1. The van der Waals surface area contributed by atoms with Gasteiger partial charge in [0.1, 0.15) is 11.3 Å². The van der Waals surface area contributed by atoms with E-state index in [1.54, 1.807) is 12.1 Å². The summed E-state index contributed by atoms with van der Waals surface area (Å²) in [4.78, 5) is 14.8. The number of hydrogen-bond acceptors (Lipinski definition) is 3. The van der Waals surface area contributed by atoms with Crippen molar-refractivity contribution in [1.82, 2.24) is 15.0 Å². The second-order valence-corrected chi connectivity index (χ2v) is 7.88. The number of nitrogens with zero attached hydrogens (tertiary/aromatic N) is 3. The Labute approximate surface area is 157 Å². The molecule has 1 unspecified atom stereocenters. The van der Waals surface area contributed by atoms with Crippen molar-refractivity contribution in [3.05, 3.63) is 36.2 Å². The van der Waals surface area contributed by atoms with E-state index in [0.29, 0.717) is 5.82 Å². The molecule has 1 aliphatic rings. The smallest absolute Gasteiger partial charge is 0.328 e. The zero-order valence-electron chi connectivity index (χ0n) is 14.8. The van der Waals surface area contributed by atoms with Crippen LogP contribution in [0, 0.1) is 6.92 Å². The molecule has 142 valence electrons. The molecule has 1 aromatic carbocycles. The third-order valence-electron chi connectivity index (χ3n) is 4.73.